The minimum absolute atomic E-state index is 0.543. The van der Waals surface area contributed by atoms with Crippen LogP contribution in [0.4, 0.5) is 0 Å². The largest absolute Gasteiger partial charge is 0.359 e. The van der Waals surface area contributed by atoms with E-state index in [1.807, 2.05) is 19.3 Å². The number of rotatable bonds is 1. The Kier molecular flexibility index (Phi) is 2.39. The SMILES string of the molecule is Cn1ccc(-c2[nH]ccc(=S)c2Cl)n1. The fourth-order valence-electron chi connectivity index (χ4n) is 1.20. The minimum Gasteiger partial charge on any atom is -0.359 e. The van der Waals surface area contributed by atoms with E-state index >= 15 is 0 Å². The summed E-state index contributed by atoms with van der Waals surface area (Å²) >= 11 is 11.1. The topological polar surface area (TPSA) is 33.6 Å². The molecule has 2 aromatic rings. The number of aromatic nitrogens is 3. The molecule has 0 bridgehead atoms. The van der Waals surface area contributed by atoms with Crippen molar-refractivity contribution in [3.05, 3.63) is 34.1 Å². The number of pyridine rings is 1. The molecule has 3 nitrogen and oxygen atoms in total. The summed E-state index contributed by atoms with van der Waals surface area (Å²) in [6.45, 7) is 0. The smallest absolute Gasteiger partial charge is 0.110 e. The molecule has 0 aliphatic rings. The summed E-state index contributed by atoms with van der Waals surface area (Å²) in [5, 5.41) is 4.78. The third-order valence-corrected chi connectivity index (χ3v) is 2.71. The lowest BCUT2D eigenvalue weighted by Crippen LogP contribution is -1.90. The van der Waals surface area contributed by atoms with E-state index in [1.165, 1.54) is 0 Å². The molecule has 0 radical (unpaired) electrons. The molecular formula is C9H8ClN3S. The number of nitrogens with zero attached hydrogens (tertiary/aromatic N) is 2. The van der Waals surface area contributed by atoms with E-state index in [0.717, 1.165) is 11.4 Å². The van der Waals surface area contributed by atoms with Gasteiger partial charge in [0.1, 0.15) is 5.69 Å². The van der Waals surface area contributed by atoms with Crippen molar-refractivity contribution in [1.29, 1.82) is 0 Å². The summed E-state index contributed by atoms with van der Waals surface area (Å²) in [7, 11) is 1.86. The van der Waals surface area contributed by atoms with Gasteiger partial charge in [0, 0.05) is 19.4 Å². The van der Waals surface area contributed by atoms with Crippen LogP contribution in [0.1, 0.15) is 0 Å². The Morgan fingerprint density at radius 3 is 2.93 bits per heavy atom. The van der Waals surface area contributed by atoms with Crippen molar-refractivity contribution in [2.24, 2.45) is 7.05 Å². The minimum atomic E-state index is 0.543. The predicted octanol–water partition coefficient (Wildman–Crippen LogP) is 2.80. The van der Waals surface area contributed by atoms with Gasteiger partial charge < -0.3 is 4.98 Å². The number of hydrogen-bond donors (Lipinski definition) is 1. The molecule has 0 aliphatic carbocycles. The van der Waals surface area contributed by atoms with E-state index in [1.54, 1.807) is 16.9 Å². The number of halogens is 1. The third-order valence-electron chi connectivity index (χ3n) is 1.87. The first-order chi connectivity index (χ1) is 6.68. The van der Waals surface area contributed by atoms with Crippen LogP contribution in [-0.2, 0) is 7.05 Å². The maximum absolute atomic E-state index is 6.05. The first-order valence-corrected chi connectivity index (χ1v) is 4.84. The quantitative estimate of drug-likeness (QED) is 0.758. The van der Waals surface area contributed by atoms with Crippen molar-refractivity contribution in [2.45, 2.75) is 0 Å². The van der Waals surface area contributed by atoms with Gasteiger partial charge in [0.15, 0.2) is 0 Å². The van der Waals surface area contributed by atoms with Crippen LogP contribution in [0.3, 0.4) is 0 Å². The molecule has 0 amide bonds. The molecule has 1 N–H and O–H groups in total. The molecule has 2 rings (SSSR count). The average Bonchev–Trinajstić information content (AvgIpc) is 2.57. The zero-order chi connectivity index (χ0) is 10.1. The lowest BCUT2D eigenvalue weighted by atomic mass is 10.3. The van der Waals surface area contributed by atoms with Crippen LogP contribution in [-0.4, -0.2) is 14.8 Å². The van der Waals surface area contributed by atoms with Crippen LogP contribution in [0, 0.1) is 4.51 Å². The van der Waals surface area contributed by atoms with Gasteiger partial charge in [-0.25, -0.2) is 0 Å². The van der Waals surface area contributed by atoms with E-state index in [0.29, 0.717) is 9.53 Å². The Morgan fingerprint density at radius 2 is 2.29 bits per heavy atom. The summed E-state index contributed by atoms with van der Waals surface area (Å²) in [6, 6.07) is 3.64. The zero-order valence-corrected chi connectivity index (χ0v) is 9.06. The van der Waals surface area contributed by atoms with Crippen LogP contribution in [0.25, 0.3) is 11.4 Å². The van der Waals surface area contributed by atoms with Crippen molar-refractivity contribution in [1.82, 2.24) is 14.8 Å². The molecule has 5 heteroatoms. The van der Waals surface area contributed by atoms with E-state index in [-0.39, 0.29) is 0 Å². The zero-order valence-electron chi connectivity index (χ0n) is 7.49. The second-order valence-corrected chi connectivity index (χ2v) is 3.72. The lowest BCUT2D eigenvalue weighted by molar-refractivity contribution is 0.770. The molecule has 0 spiro atoms. The van der Waals surface area contributed by atoms with E-state index < -0.39 is 0 Å². The van der Waals surface area contributed by atoms with Crippen molar-refractivity contribution < 1.29 is 0 Å². The highest BCUT2D eigenvalue weighted by Crippen LogP contribution is 2.24. The molecule has 0 aromatic carbocycles. The molecule has 0 saturated carbocycles. The number of H-pyrrole nitrogens is 1. The molecular weight excluding hydrogens is 218 g/mol. The average molecular weight is 226 g/mol. The number of nitrogens with one attached hydrogen (secondary N) is 1. The maximum atomic E-state index is 6.05. The van der Waals surface area contributed by atoms with Gasteiger partial charge in [0.2, 0.25) is 0 Å². The molecule has 0 fully saturated rings. The van der Waals surface area contributed by atoms with Crippen LogP contribution in [0.15, 0.2) is 24.5 Å². The van der Waals surface area contributed by atoms with Gasteiger partial charge in [-0.2, -0.15) is 5.10 Å². The van der Waals surface area contributed by atoms with Gasteiger partial charge in [-0.05, 0) is 12.1 Å². The van der Waals surface area contributed by atoms with Crippen molar-refractivity contribution in [3.8, 4) is 11.4 Å². The Balaban J connectivity index is 2.63. The van der Waals surface area contributed by atoms with Gasteiger partial charge in [-0.3, -0.25) is 4.68 Å². The van der Waals surface area contributed by atoms with Crippen LogP contribution >= 0.6 is 23.8 Å². The maximum Gasteiger partial charge on any atom is 0.110 e. The molecule has 2 aromatic heterocycles. The fourth-order valence-corrected chi connectivity index (χ4v) is 1.58. The number of hydrogen-bond acceptors (Lipinski definition) is 2. The first-order valence-electron chi connectivity index (χ1n) is 4.05. The summed E-state index contributed by atoms with van der Waals surface area (Å²) in [5.41, 5.74) is 1.56. The normalized spacial score (nSPS) is 10.4. The molecule has 0 saturated heterocycles. The van der Waals surface area contributed by atoms with Gasteiger partial charge >= 0.3 is 0 Å². The highest BCUT2D eigenvalue weighted by atomic mass is 35.5. The van der Waals surface area contributed by atoms with Crippen molar-refractivity contribution >= 4 is 23.8 Å². The number of aromatic amines is 1. The highest BCUT2D eigenvalue weighted by Gasteiger charge is 2.06. The lowest BCUT2D eigenvalue weighted by Gasteiger charge is -1.99. The second kappa shape index (κ2) is 3.55. The van der Waals surface area contributed by atoms with Gasteiger partial charge in [0.05, 0.1) is 15.2 Å². The molecule has 0 aliphatic heterocycles. The van der Waals surface area contributed by atoms with Gasteiger partial charge in [-0.15, -0.1) is 0 Å². The van der Waals surface area contributed by atoms with E-state index in [9.17, 15) is 0 Å². The summed E-state index contributed by atoms with van der Waals surface area (Å²) in [4.78, 5) is 3.03. The number of aryl methyl sites for hydroxylation is 1. The summed E-state index contributed by atoms with van der Waals surface area (Å²) < 4.78 is 2.35. The Morgan fingerprint density at radius 1 is 1.50 bits per heavy atom. The van der Waals surface area contributed by atoms with Crippen LogP contribution in [0.2, 0.25) is 5.02 Å². The molecule has 14 heavy (non-hydrogen) atoms. The Bertz CT molecular complexity index is 515. The van der Waals surface area contributed by atoms with Gasteiger partial charge in [0.25, 0.3) is 0 Å². The van der Waals surface area contributed by atoms with Crippen molar-refractivity contribution in [3.63, 3.8) is 0 Å². The molecule has 0 atom stereocenters. The predicted molar refractivity (Wildman–Crippen MR) is 58.8 cm³/mol. The monoisotopic (exact) mass is 225 g/mol. The summed E-state index contributed by atoms with van der Waals surface area (Å²) in [5.74, 6) is 0. The van der Waals surface area contributed by atoms with Crippen molar-refractivity contribution in [2.75, 3.05) is 0 Å². The van der Waals surface area contributed by atoms with E-state index in [4.69, 9.17) is 23.8 Å². The molecule has 2 heterocycles. The van der Waals surface area contributed by atoms with Crippen LogP contribution < -0.4 is 0 Å². The second-order valence-electron chi connectivity index (χ2n) is 2.91. The third kappa shape index (κ3) is 1.58. The summed E-state index contributed by atoms with van der Waals surface area (Å²) in [6.07, 6.45) is 3.62. The highest BCUT2D eigenvalue weighted by molar-refractivity contribution is 7.71. The molecule has 0 unspecified atom stereocenters. The Hall–Kier alpha value is -1.13. The van der Waals surface area contributed by atoms with Crippen LogP contribution in [0.5, 0.6) is 0 Å². The fraction of sp³-hybridized carbons (Fsp3) is 0.111. The molecule has 72 valence electrons. The standard InChI is InChI=1S/C9H8ClN3S/c1-13-5-3-6(12-13)9-8(10)7(14)2-4-11-9/h2-5H,1H3,(H,11,14). The van der Waals surface area contributed by atoms with Gasteiger partial charge in [-0.1, -0.05) is 23.8 Å². The Labute approximate surface area is 91.3 Å². The first kappa shape index (κ1) is 9.43. The van der Waals surface area contributed by atoms with E-state index in [2.05, 4.69) is 10.1 Å².